The van der Waals surface area contributed by atoms with Crippen LogP contribution in [-0.4, -0.2) is 22.5 Å². The molecule has 0 fully saturated rings. The predicted octanol–water partition coefficient (Wildman–Crippen LogP) is 2.41. The molecule has 1 aromatic heterocycles. The summed E-state index contributed by atoms with van der Waals surface area (Å²) in [6, 6.07) is 8.47. The van der Waals surface area contributed by atoms with Crippen molar-refractivity contribution in [3.05, 3.63) is 58.9 Å². The van der Waals surface area contributed by atoms with Crippen LogP contribution >= 0.6 is 11.6 Å². The molecule has 2 rings (SSSR count). The Hall–Kier alpha value is -2.07. The van der Waals surface area contributed by atoms with Crippen molar-refractivity contribution in [2.24, 2.45) is 0 Å². The molecule has 1 aromatic carbocycles. The molecule has 0 bridgehead atoms. The fourth-order valence-electron chi connectivity index (χ4n) is 1.64. The molecule has 2 aromatic rings. The van der Waals surface area contributed by atoms with Crippen molar-refractivity contribution in [3.8, 4) is 5.75 Å². The highest BCUT2D eigenvalue weighted by Gasteiger charge is 2.08. The monoisotopic (exact) mass is 276 g/mol. The Morgan fingerprint density at radius 3 is 2.68 bits per heavy atom. The number of halogens is 1. The van der Waals surface area contributed by atoms with Crippen molar-refractivity contribution in [1.29, 1.82) is 0 Å². The van der Waals surface area contributed by atoms with Crippen LogP contribution in [0.4, 0.5) is 0 Å². The first-order valence-corrected chi connectivity index (χ1v) is 6.20. The van der Waals surface area contributed by atoms with Gasteiger partial charge in [-0.25, -0.2) is 0 Å². The van der Waals surface area contributed by atoms with Crippen molar-refractivity contribution in [2.75, 3.05) is 6.54 Å². The van der Waals surface area contributed by atoms with E-state index in [0.717, 1.165) is 5.56 Å². The maximum Gasteiger partial charge on any atom is 0.252 e. The van der Waals surface area contributed by atoms with E-state index in [1.54, 1.807) is 18.2 Å². The van der Waals surface area contributed by atoms with E-state index in [9.17, 15) is 4.79 Å². The zero-order valence-corrected chi connectivity index (χ0v) is 10.9. The lowest BCUT2D eigenvalue weighted by Crippen LogP contribution is -2.26. The van der Waals surface area contributed by atoms with Gasteiger partial charge in [0.05, 0.1) is 10.6 Å². The van der Waals surface area contributed by atoms with Gasteiger partial charge in [-0.15, -0.1) is 0 Å². The zero-order chi connectivity index (χ0) is 13.7. The standard InChI is InChI=1S/C14H13ClN2O2/c15-13-9-16-7-6-12(13)14(19)17-8-5-10-1-3-11(18)4-2-10/h1-4,6-7,9,18H,5,8H2,(H,17,19). The van der Waals surface area contributed by atoms with Gasteiger partial charge in [0.25, 0.3) is 5.91 Å². The number of phenols is 1. The Morgan fingerprint density at radius 2 is 2.00 bits per heavy atom. The van der Waals surface area contributed by atoms with E-state index in [-0.39, 0.29) is 11.7 Å². The first-order valence-electron chi connectivity index (χ1n) is 5.82. The number of phenolic OH excluding ortho intramolecular Hbond substituents is 1. The van der Waals surface area contributed by atoms with Crippen molar-refractivity contribution in [2.45, 2.75) is 6.42 Å². The highest BCUT2D eigenvalue weighted by atomic mass is 35.5. The van der Waals surface area contributed by atoms with Gasteiger partial charge in [-0.05, 0) is 30.2 Å². The van der Waals surface area contributed by atoms with E-state index < -0.39 is 0 Å². The molecule has 0 atom stereocenters. The number of hydrogen-bond donors (Lipinski definition) is 2. The number of hydrogen-bond acceptors (Lipinski definition) is 3. The second-order valence-electron chi connectivity index (χ2n) is 4.03. The third-order valence-corrected chi connectivity index (χ3v) is 2.95. The molecule has 98 valence electrons. The largest absolute Gasteiger partial charge is 0.508 e. The average Bonchev–Trinajstić information content (AvgIpc) is 2.41. The highest BCUT2D eigenvalue weighted by molar-refractivity contribution is 6.33. The lowest BCUT2D eigenvalue weighted by Gasteiger charge is -2.06. The Bertz CT molecular complexity index is 570. The van der Waals surface area contributed by atoms with Gasteiger partial charge in [0.15, 0.2) is 0 Å². The van der Waals surface area contributed by atoms with Crippen LogP contribution in [0.1, 0.15) is 15.9 Å². The maximum absolute atomic E-state index is 11.8. The minimum atomic E-state index is -0.217. The number of aromatic hydroxyl groups is 1. The number of benzene rings is 1. The molecule has 5 heteroatoms. The van der Waals surface area contributed by atoms with Gasteiger partial charge in [-0.2, -0.15) is 0 Å². The highest BCUT2D eigenvalue weighted by Crippen LogP contribution is 2.13. The summed E-state index contributed by atoms with van der Waals surface area (Å²) in [5, 5.41) is 12.3. The summed E-state index contributed by atoms with van der Waals surface area (Å²) in [5.74, 6) is 0.0162. The van der Waals surface area contributed by atoms with Crippen LogP contribution in [0.25, 0.3) is 0 Å². The Morgan fingerprint density at radius 1 is 1.26 bits per heavy atom. The van der Waals surface area contributed by atoms with Crippen molar-refractivity contribution in [1.82, 2.24) is 10.3 Å². The van der Waals surface area contributed by atoms with Crippen LogP contribution in [0.3, 0.4) is 0 Å². The molecule has 19 heavy (non-hydrogen) atoms. The molecule has 4 nitrogen and oxygen atoms in total. The molecular formula is C14H13ClN2O2. The van der Waals surface area contributed by atoms with Crippen LogP contribution in [0.5, 0.6) is 5.75 Å². The van der Waals surface area contributed by atoms with Gasteiger partial charge < -0.3 is 10.4 Å². The molecule has 0 aliphatic heterocycles. The number of carbonyl (C=O) groups excluding carboxylic acids is 1. The average molecular weight is 277 g/mol. The van der Waals surface area contributed by atoms with Gasteiger partial charge >= 0.3 is 0 Å². The first kappa shape index (κ1) is 13.4. The van der Waals surface area contributed by atoms with Crippen LogP contribution in [0.2, 0.25) is 5.02 Å². The van der Waals surface area contributed by atoms with E-state index in [1.807, 2.05) is 12.1 Å². The van der Waals surface area contributed by atoms with Gasteiger partial charge in [0, 0.05) is 18.9 Å². The topological polar surface area (TPSA) is 62.2 Å². The van der Waals surface area contributed by atoms with Crippen molar-refractivity contribution < 1.29 is 9.90 Å². The molecule has 2 N–H and O–H groups in total. The predicted molar refractivity (Wildman–Crippen MR) is 73.4 cm³/mol. The lowest BCUT2D eigenvalue weighted by molar-refractivity contribution is 0.0954. The summed E-state index contributed by atoms with van der Waals surface area (Å²) in [6.45, 7) is 0.502. The quantitative estimate of drug-likeness (QED) is 0.901. The molecule has 0 radical (unpaired) electrons. The molecule has 0 aliphatic rings. The molecule has 1 heterocycles. The summed E-state index contributed by atoms with van der Waals surface area (Å²) in [4.78, 5) is 15.7. The smallest absolute Gasteiger partial charge is 0.252 e. The number of nitrogens with zero attached hydrogens (tertiary/aromatic N) is 1. The van der Waals surface area contributed by atoms with Crippen molar-refractivity contribution in [3.63, 3.8) is 0 Å². The number of amides is 1. The van der Waals surface area contributed by atoms with Crippen LogP contribution < -0.4 is 5.32 Å². The molecule has 0 aliphatic carbocycles. The Kier molecular flexibility index (Phi) is 4.36. The zero-order valence-electron chi connectivity index (χ0n) is 10.1. The SMILES string of the molecule is O=C(NCCc1ccc(O)cc1)c1ccncc1Cl. The van der Waals surface area contributed by atoms with E-state index in [1.165, 1.54) is 12.4 Å². The minimum Gasteiger partial charge on any atom is -0.508 e. The van der Waals surface area contributed by atoms with Gasteiger partial charge in [0.2, 0.25) is 0 Å². The Balaban J connectivity index is 1.88. The van der Waals surface area contributed by atoms with Crippen LogP contribution in [0.15, 0.2) is 42.7 Å². The second-order valence-corrected chi connectivity index (χ2v) is 4.44. The molecular weight excluding hydrogens is 264 g/mol. The third kappa shape index (κ3) is 3.69. The summed E-state index contributed by atoms with van der Waals surface area (Å²) in [6.07, 6.45) is 3.66. The Labute approximate surface area is 116 Å². The molecule has 0 saturated heterocycles. The van der Waals surface area contributed by atoms with E-state index in [4.69, 9.17) is 16.7 Å². The normalized spacial score (nSPS) is 10.2. The van der Waals surface area contributed by atoms with E-state index >= 15 is 0 Å². The third-order valence-electron chi connectivity index (χ3n) is 2.65. The van der Waals surface area contributed by atoms with Gasteiger partial charge in [0.1, 0.15) is 5.75 Å². The maximum atomic E-state index is 11.8. The number of rotatable bonds is 4. The fourth-order valence-corrected chi connectivity index (χ4v) is 1.84. The molecule has 0 unspecified atom stereocenters. The van der Waals surface area contributed by atoms with E-state index in [0.29, 0.717) is 23.6 Å². The summed E-state index contributed by atoms with van der Waals surface area (Å²) in [5.41, 5.74) is 1.46. The molecule has 0 saturated carbocycles. The fraction of sp³-hybridized carbons (Fsp3) is 0.143. The first-order chi connectivity index (χ1) is 9.16. The van der Waals surface area contributed by atoms with E-state index in [2.05, 4.69) is 10.3 Å². The summed E-state index contributed by atoms with van der Waals surface area (Å²) in [7, 11) is 0. The van der Waals surface area contributed by atoms with Crippen LogP contribution in [0, 0.1) is 0 Å². The number of carbonyl (C=O) groups is 1. The number of pyridine rings is 1. The van der Waals surface area contributed by atoms with Crippen molar-refractivity contribution >= 4 is 17.5 Å². The second kappa shape index (κ2) is 6.20. The number of nitrogens with one attached hydrogen (secondary N) is 1. The summed E-state index contributed by atoms with van der Waals surface area (Å²) >= 11 is 5.88. The minimum absolute atomic E-state index is 0.217. The van der Waals surface area contributed by atoms with Crippen LogP contribution in [-0.2, 0) is 6.42 Å². The molecule has 1 amide bonds. The van der Waals surface area contributed by atoms with Gasteiger partial charge in [-0.1, -0.05) is 23.7 Å². The summed E-state index contributed by atoms with van der Waals surface area (Å²) < 4.78 is 0. The molecule has 0 spiro atoms. The lowest BCUT2D eigenvalue weighted by atomic mass is 10.1. The van der Waals surface area contributed by atoms with Gasteiger partial charge in [-0.3, -0.25) is 9.78 Å². The number of aromatic nitrogens is 1.